The van der Waals surface area contributed by atoms with Crippen molar-refractivity contribution in [1.29, 1.82) is 0 Å². The monoisotopic (exact) mass is 747 g/mol. The molecule has 3 unspecified atom stereocenters. The Morgan fingerprint density at radius 1 is 1.04 bits per heavy atom. The molecule has 0 bridgehead atoms. The number of allylic oxidation sites excluding steroid dienone is 2. The number of anilines is 1. The Morgan fingerprint density at radius 3 is 2.48 bits per heavy atom. The summed E-state index contributed by atoms with van der Waals surface area (Å²) in [5.41, 5.74) is 7.16. The molecule has 3 amide bonds. The zero-order valence-electron chi connectivity index (χ0n) is 29.8. The summed E-state index contributed by atoms with van der Waals surface area (Å²) in [6.45, 7) is 4.64. The van der Waals surface area contributed by atoms with E-state index in [1.165, 1.54) is 30.6 Å². The van der Waals surface area contributed by atoms with E-state index >= 15 is 0 Å². The Morgan fingerprint density at radius 2 is 1.77 bits per heavy atom. The molecule has 2 aliphatic carbocycles. The molecule has 1 saturated heterocycles. The number of para-hydroxylation sites is 1. The molecule has 11 nitrogen and oxygen atoms in total. The molecular weight excluding hydrogens is 699 g/mol. The molecule has 2 saturated carbocycles. The second-order valence-corrected chi connectivity index (χ2v) is 17.1. The SMILES string of the molecule is CCCCC/C=C\C1CC1C(=O)NS(=O)(=O)C1(C)CC1.NC(=O)C1CCCN1C(=O)CNc1ccc2ccccc2c1.O=c1[nH]c2ccccc2s1. The molecule has 3 fully saturated rings. The van der Waals surface area contributed by atoms with E-state index in [1.54, 1.807) is 11.8 Å². The van der Waals surface area contributed by atoms with Crippen LogP contribution in [0, 0.1) is 11.8 Å². The number of sulfonamides is 1. The normalized spacial score (nSPS) is 20.0. The van der Waals surface area contributed by atoms with Crippen LogP contribution >= 0.6 is 11.3 Å². The van der Waals surface area contributed by atoms with Gasteiger partial charge in [0.2, 0.25) is 27.7 Å². The molecule has 52 heavy (non-hydrogen) atoms. The summed E-state index contributed by atoms with van der Waals surface area (Å²) in [7, 11) is -3.47. The molecule has 0 spiro atoms. The van der Waals surface area contributed by atoms with Gasteiger partial charge in [-0.25, -0.2) is 8.42 Å². The fraction of sp³-hybridized carbons (Fsp3) is 0.436. The molecular formula is C39H49N5O6S2. The quantitative estimate of drug-likeness (QED) is 0.101. The van der Waals surface area contributed by atoms with Gasteiger partial charge in [-0.05, 0) is 92.8 Å². The highest BCUT2D eigenvalue weighted by Crippen LogP contribution is 2.44. The molecule has 0 radical (unpaired) electrons. The fourth-order valence-corrected chi connectivity index (χ4v) is 8.16. The van der Waals surface area contributed by atoms with Gasteiger partial charge in [0.1, 0.15) is 6.04 Å². The van der Waals surface area contributed by atoms with Gasteiger partial charge in [-0.3, -0.25) is 23.9 Å². The Hall–Kier alpha value is -4.49. The third kappa shape index (κ3) is 10.3. The molecule has 1 aromatic heterocycles. The minimum atomic E-state index is -3.47. The van der Waals surface area contributed by atoms with Crippen LogP contribution in [0.1, 0.15) is 71.6 Å². The molecule has 3 aromatic carbocycles. The summed E-state index contributed by atoms with van der Waals surface area (Å²) in [6, 6.07) is 21.2. The number of aromatic nitrogens is 1. The highest BCUT2D eigenvalue weighted by Gasteiger charge is 2.52. The predicted molar refractivity (Wildman–Crippen MR) is 208 cm³/mol. The van der Waals surface area contributed by atoms with Gasteiger partial charge in [0.05, 0.1) is 21.5 Å². The standard InChI is InChI=1S/C17H19N3O2.C15H25NO3S.C7H5NOS/c18-17(22)15-6-3-9-20(15)16(21)11-19-14-8-7-12-4-1-2-5-13(12)10-14;1-3-4-5-6-7-8-12-11-13(12)14(17)16-20(18,19)15(2)9-10-15;9-7-8-5-3-1-2-4-6(5)10-7/h1-2,4-5,7-8,10,15,19H,3,6,9,11H2,(H2,18,22);7-8,12-13H,3-6,9-11H2,1-2H3,(H,16,17);1-4H,(H,8,9)/b;8-7-;. The number of unbranched alkanes of at least 4 members (excludes halogenated alkanes) is 3. The van der Waals surface area contributed by atoms with E-state index in [-0.39, 0.29) is 35.1 Å². The van der Waals surface area contributed by atoms with Crippen LogP contribution < -0.4 is 20.6 Å². The summed E-state index contributed by atoms with van der Waals surface area (Å²) in [6.07, 6.45) is 12.5. The van der Waals surface area contributed by atoms with E-state index in [9.17, 15) is 27.6 Å². The summed E-state index contributed by atoms with van der Waals surface area (Å²) >= 11 is 1.24. The van der Waals surface area contributed by atoms with Crippen molar-refractivity contribution in [2.45, 2.75) is 82.4 Å². The lowest BCUT2D eigenvalue weighted by molar-refractivity contribution is -0.135. The molecule has 2 heterocycles. The zero-order chi connectivity index (χ0) is 37.3. The fourth-order valence-electron chi connectivity index (χ4n) is 6.12. The van der Waals surface area contributed by atoms with Crippen LogP contribution in [0.4, 0.5) is 5.69 Å². The number of nitrogens with two attached hydrogens (primary N) is 1. The van der Waals surface area contributed by atoms with Gasteiger partial charge < -0.3 is 20.9 Å². The Balaban J connectivity index is 0.000000160. The van der Waals surface area contributed by atoms with Crippen LogP contribution in [0.5, 0.6) is 0 Å². The van der Waals surface area contributed by atoms with Gasteiger partial charge in [-0.2, -0.15) is 0 Å². The summed E-state index contributed by atoms with van der Waals surface area (Å²) < 4.78 is 26.5. The molecule has 5 N–H and O–H groups in total. The summed E-state index contributed by atoms with van der Waals surface area (Å²) in [4.78, 5) is 50.6. The number of carbonyl (C=O) groups excluding carboxylic acids is 3. The number of thiazole rings is 1. The maximum atomic E-state index is 12.3. The van der Waals surface area contributed by atoms with Crippen LogP contribution in [-0.4, -0.2) is 59.9 Å². The maximum Gasteiger partial charge on any atom is 0.305 e. The van der Waals surface area contributed by atoms with Crippen LogP contribution in [0.3, 0.4) is 0 Å². The number of fused-ring (bicyclic) bond motifs is 2. The number of benzene rings is 3. The summed E-state index contributed by atoms with van der Waals surface area (Å²) in [5, 5.41) is 5.41. The van der Waals surface area contributed by atoms with Crippen LogP contribution in [0.15, 0.2) is 83.7 Å². The van der Waals surface area contributed by atoms with E-state index < -0.39 is 26.7 Å². The van der Waals surface area contributed by atoms with E-state index in [0.717, 1.165) is 45.9 Å². The van der Waals surface area contributed by atoms with Crippen molar-refractivity contribution in [3.63, 3.8) is 0 Å². The molecule has 278 valence electrons. The first-order valence-corrected chi connectivity index (χ1v) is 20.3. The first-order valence-electron chi connectivity index (χ1n) is 18.0. The number of aromatic amines is 1. The molecule has 1 aliphatic heterocycles. The van der Waals surface area contributed by atoms with Gasteiger partial charge in [-0.1, -0.05) is 85.7 Å². The lowest BCUT2D eigenvalue weighted by Gasteiger charge is -2.22. The zero-order valence-corrected chi connectivity index (χ0v) is 31.4. The van der Waals surface area contributed by atoms with Crippen molar-refractivity contribution < 1.29 is 22.8 Å². The van der Waals surface area contributed by atoms with Gasteiger partial charge in [-0.15, -0.1) is 0 Å². The molecule has 4 aromatic rings. The highest BCUT2D eigenvalue weighted by atomic mass is 32.2. The largest absolute Gasteiger partial charge is 0.376 e. The third-order valence-corrected chi connectivity index (χ3v) is 12.8. The van der Waals surface area contributed by atoms with Crippen molar-refractivity contribution in [2.75, 3.05) is 18.4 Å². The molecule has 13 heteroatoms. The lowest BCUT2D eigenvalue weighted by Crippen LogP contribution is -2.45. The number of amides is 3. The number of hydrogen-bond acceptors (Lipinski definition) is 8. The average molecular weight is 748 g/mol. The topological polar surface area (TPSA) is 172 Å². The lowest BCUT2D eigenvalue weighted by atomic mass is 10.1. The summed E-state index contributed by atoms with van der Waals surface area (Å²) in [5.74, 6) is -0.735. The first kappa shape index (κ1) is 38.7. The smallest absolute Gasteiger partial charge is 0.305 e. The minimum Gasteiger partial charge on any atom is -0.376 e. The maximum absolute atomic E-state index is 12.3. The van der Waals surface area contributed by atoms with Gasteiger partial charge in [0.25, 0.3) is 0 Å². The van der Waals surface area contributed by atoms with E-state index in [1.807, 2.05) is 66.7 Å². The van der Waals surface area contributed by atoms with Crippen molar-refractivity contribution in [1.82, 2.24) is 14.6 Å². The van der Waals surface area contributed by atoms with E-state index in [4.69, 9.17) is 5.73 Å². The van der Waals surface area contributed by atoms with Gasteiger partial charge in [0.15, 0.2) is 0 Å². The number of rotatable bonds is 12. The van der Waals surface area contributed by atoms with Crippen molar-refractivity contribution in [3.8, 4) is 0 Å². The number of nitrogens with one attached hydrogen (secondary N) is 3. The van der Waals surface area contributed by atoms with Crippen molar-refractivity contribution in [2.24, 2.45) is 17.6 Å². The number of likely N-dealkylation sites (tertiary alicyclic amines) is 1. The van der Waals surface area contributed by atoms with Crippen molar-refractivity contribution >= 4 is 65.8 Å². The Bertz CT molecular complexity index is 2030. The number of H-pyrrole nitrogens is 1. The molecule has 3 atom stereocenters. The van der Waals surface area contributed by atoms with Crippen LogP contribution in [-0.2, 0) is 24.4 Å². The molecule has 3 aliphatic rings. The highest BCUT2D eigenvalue weighted by molar-refractivity contribution is 7.91. The van der Waals surface area contributed by atoms with Gasteiger partial charge in [0, 0.05) is 18.2 Å². The number of carbonyl (C=O) groups is 3. The Kier molecular flexibility index (Phi) is 12.9. The number of primary amides is 1. The molecule has 7 rings (SSSR count). The average Bonchev–Trinajstić information content (AvgIpc) is 3.97. The predicted octanol–water partition coefficient (Wildman–Crippen LogP) is 6.08. The third-order valence-electron chi connectivity index (χ3n) is 9.79. The van der Waals surface area contributed by atoms with Gasteiger partial charge >= 0.3 is 4.87 Å². The first-order chi connectivity index (χ1) is 24.9. The van der Waals surface area contributed by atoms with Crippen LogP contribution in [0.2, 0.25) is 0 Å². The van der Waals surface area contributed by atoms with E-state index in [0.29, 0.717) is 25.8 Å². The second-order valence-electron chi connectivity index (χ2n) is 13.9. The van der Waals surface area contributed by atoms with E-state index in [2.05, 4.69) is 34.1 Å². The number of hydrogen-bond donors (Lipinski definition) is 4. The Labute approximate surface area is 309 Å². The van der Waals surface area contributed by atoms with Crippen LogP contribution in [0.25, 0.3) is 21.0 Å². The second kappa shape index (κ2) is 17.4. The minimum absolute atomic E-state index is 0.0150. The van der Waals surface area contributed by atoms with Crippen molar-refractivity contribution in [3.05, 3.63) is 88.5 Å². The number of nitrogens with zero attached hydrogens (tertiary/aromatic N) is 1.